The number of benzene rings is 2. The van der Waals surface area contributed by atoms with Crippen molar-refractivity contribution in [2.45, 2.75) is 4.90 Å². The van der Waals surface area contributed by atoms with Gasteiger partial charge in [0.25, 0.3) is 0 Å². The van der Waals surface area contributed by atoms with Crippen molar-refractivity contribution in [2.75, 3.05) is 0 Å². The summed E-state index contributed by atoms with van der Waals surface area (Å²) in [7, 11) is -3.90. The minimum Gasteiger partial charge on any atom is -0.377 e. The molecule has 0 saturated carbocycles. The summed E-state index contributed by atoms with van der Waals surface area (Å²) < 4.78 is 28.8. The van der Waals surface area contributed by atoms with Crippen LogP contribution in [-0.4, -0.2) is 8.42 Å². The molecule has 0 fully saturated rings. The molecule has 0 spiro atoms. The number of hydrogen-bond donors (Lipinski definition) is 0. The Balaban J connectivity index is 2.37. The van der Waals surface area contributed by atoms with Gasteiger partial charge in [0, 0.05) is 11.1 Å². The second-order valence-electron chi connectivity index (χ2n) is 3.43. The Hall–Kier alpha value is -1.23. The van der Waals surface area contributed by atoms with E-state index in [0.29, 0.717) is 5.02 Å². The highest BCUT2D eigenvalue weighted by Crippen LogP contribution is 2.30. The molecule has 0 saturated heterocycles. The second kappa shape index (κ2) is 5.18. The molecule has 6 heteroatoms. The van der Waals surface area contributed by atoms with Crippen molar-refractivity contribution in [3.63, 3.8) is 0 Å². The molecule has 0 aliphatic rings. The summed E-state index contributed by atoms with van der Waals surface area (Å²) in [5, 5.41) is 0.525. The number of rotatable bonds is 3. The highest BCUT2D eigenvalue weighted by Gasteiger charge is 2.17. The highest BCUT2D eigenvalue weighted by atomic mass is 35.5. The molecule has 0 unspecified atom stereocenters. The first-order valence-corrected chi connectivity index (χ1v) is 7.10. The van der Waals surface area contributed by atoms with Gasteiger partial charge in [0.1, 0.15) is 4.90 Å². The summed E-state index contributed by atoms with van der Waals surface area (Å²) in [4.78, 5) is 0.0565. The maximum Gasteiger partial charge on any atom is 0.339 e. The third kappa shape index (κ3) is 2.96. The van der Waals surface area contributed by atoms with E-state index in [-0.39, 0.29) is 15.7 Å². The van der Waals surface area contributed by atoms with Gasteiger partial charge in [-0.15, -0.1) is 0 Å². The quantitative estimate of drug-likeness (QED) is 0.811. The monoisotopic (exact) mass is 302 g/mol. The van der Waals surface area contributed by atoms with Gasteiger partial charge in [-0.1, -0.05) is 41.4 Å². The average Bonchev–Trinajstić information content (AvgIpc) is 2.35. The molecular weight excluding hydrogens is 295 g/mol. The molecular formula is C12H8Cl2O3S. The van der Waals surface area contributed by atoms with Gasteiger partial charge in [0.15, 0.2) is 5.75 Å². The van der Waals surface area contributed by atoms with Gasteiger partial charge in [-0.3, -0.25) is 0 Å². The zero-order chi connectivity index (χ0) is 13.2. The van der Waals surface area contributed by atoms with Crippen LogP contribution in [0.3, 0.4) is 0 Å². The normalized spacial score (nSPS) is 11.2. The van der Waals surface area contributed by atoms with E-state index in [0.717, 1.165) is 0 Å². The van der Waals surface area contributed by atoms with E-state index in [1.165, 1.54) is 24.3 Å². The first kappa shape index (κ1) is 13.2. The van der Waals surface area contributed by atoms with Gasteiger partial charge in [-0.25, -0.2) is 0 Å². The third-order valence-electron chi connectivity index (χ3n) is 2.12. The molecule has 0 bridgehead atoms. The lowest BCUT2D eigenvalue weighted by atomic mass is 10.3. The van der Waals surface area contributed by atoms with E-state index in [4.69, 9.17) is 27.4 Å². The smallest absolute Gasteiger partial charge is 0.339 e. The van der Waals surface area contributed by atoms with Crippen LogP contribution in [0.15, 0.2) is 53.4 Å². The standard InChI is InChI=1S/C12H8Cl2O3S/c13-9-6-7-11(14)12(8-9)17-18(15,16)10-4-2-1-3-5-10/h1-8H. The fourth-order valence-corrected chi connectivity index (χ4v) is 2.62. The molecule has 0 amide bonds. The Bertz CT molecular complexity index is 654. The van der Waals surface area contributed by atoms with E-state index in [1.54, 1.807) is 24.3 Å². The topological polar surface area (TPSA) is 43.4 Å². The molecule has 0 heterocycles. The zero-order valence-electron chi connectivity index (χ0n) is 9.01. The molecule has 2 aromatic rings. The van der Waals surface area contributed by atoms with Crippen LogP contribution < -0.4 is 4.18 Å². The van der Waals surface area contributed by atoms with Crippen LogP contribution in [0.5, 0.6) is 5.75 Å². The van der Waals surface area contributed by atoms with E-state index in [9.17, 15) is 8.42 Å². The average molecular weight is 303 g/mol. The van der Waals surface area contributed by atoms with Gasteiger partial charge in [-0.2, -0.15) is 8.42 Å². The number of hydrogen-bond acceptors (Lipinski definition) is 3. The molecule has 94 valence electrons. The SMILES string of the molecule is O=S(=O)(Oc1cc(Cl)ccc1Cl)c1ccccc1. The van der Waals surface area contributed by atoms with Crippen molar-refractivity contribution < 1.29 is 12.6 Å². The summed E-state index contributed by atoms with van der Waals surface area (Å²) in [5.41, 5.74) is 0. The Morgan fingerprint density at radius 2 is 1.61 bits per heavy atom. The van der Waals surface area contributed by atoms with Crippen LogP contribution in [0.1, 0.15) is 0 Å². The molecule has 18 heavy (non-hydrogen) atoms. The van der Waals surface area contributed by atoms with Crippen LogP contribution in [-0.2, 0) is 10.1 Å². The fourth-order valence-electron chi connectivity index (χ4n) is 1.29. The Morgan fingerprint density at radius 3 is 2.28 bits per heavy atom. The van der Waals surface area contributed by atoms with E-state index in [2.05, 4.69) is 0 Å². The second-order valence-corrected chi connectivity index (χ2v) is 5.82. The lowest BCUT2D eigenvalue weighted by Crippen LogP contribution is -2.09. The molecule has 0 atom stereocenters. The van der Waals surface area contributed by atoms with Crippen LogP contribution in [0.4, 0.5) is 0 Å². The van der Waals surface area contributed by atoms with Gasteiger partial charge < -0.3 is 4.18 Å². The van der Waals surface area contributed by atoms with E-state index >= 15 is 0 Å². The van der Waals surface area contributed by atoms with Crippen molar-refractivity contribution in [1.82, 2.24) is 0 Å². The predicted molar refractivity (Wildman–Crippen MR) is 70.7 cm³/mol. The maximum atomic E-state index is 11.9. The van der Waals surface area contributed by atoms with E-state index in [1.807, 2.05) is 0 Å². The van der Waals surface area contributed by atoms with Crippen LogP contribution in [0, 0.1) is 0 Å². The van der Waals surface area contributed by atoms with Crippen molar-refractivity contribution in [3.8, 4) is 5.75 Å². The maximum absolute atomic E-state index is 11.9. The van der Waals surface area contributed by atoms with Crippen LogP contribution >= 0.6 is 23.2 Å². The van der Waals surface area contributed by atoms with Crippen LogP contribution in [0.2, 0.25) is 10.0 Å². The first-order valence-electron chi connectivity index (χ1n) is 4.93. The fraction of sp³-hybridized carbons (Fsp3) is 0. The molecule has 0 aromatic heterocycles. The summed E-state index contributed by atoms with van der Waals surface area (Å²) >= 11 is 11.6. The minimum absolute atomic E-state index is 0.00743. The van der Waals surface area contributed by atoms with Crippen LogP contribution in [0.25, 0.3) is 0 Å². The van der Waals surface area contributed by atoms with Crippen molar-refractivity contribution >= 4 is 33.3 Å². The summed E-state index contributed by atoms with van der Waals surface area (Å²) in [6.45, 7) is 0. The molecule has 2 aromatic carbocycles. The zero-order valence-corrected chi connectivity index (χ0v) is 11.3. The molecule has 2 rings (SSSR count). The molecule has 0 aliphatic heterocycles. The predicted octanol–water partition coefficient (Wildman–Crippen LogP) is 3.76. The summed E-state index contributed by atoms with van der Waals surface area (Å²) in [6, 6.07) is 12.2. The third-order valence-corrected chi connectivity index (χ3v) is 3.92. The Morgan fingerprint density at radius 1 is 0.944 bits per heavy atom. The van der Waals surface area contributed by atoms with E-state index < -0.39 is 10.1 Å². The van der Waals surface area contributed by atoms with Crippen molar-refractivity contribution in [3.05, 3.63) is 58.6 Å². The lowest BCUT2D eigenvalue weighted by molar-refractivity contribution is 0.486. The summed E-state index contributed by atoms with van der Waals surface area (Å²) in [6.07, 6.45) is 0. The molecule has 0 N–H and O–H groups in total. The van der Waals surface area contributed by atoms with Gasteiger partial charge in [-0.05, 0) is 24.3 Å². The minimum atomic E-state index is -3.90. The first-order chi connectivity index (χ1) is 8.49. The Kier molecular flexibility index (Phi) is 3.80. The molecule has 0 radical (unpaired) electrons. The largest absolute Gasteiger partial charge is 0.377 e. The van der Waals surface area contributed by atoms with Crippen molar-refractivity contribution in [2.24, 2.45) is 0 Å². The molecule has 0 aliphatic carbocycles. The number of halogens is 2. The van der Waals surface area contributed by atoms with Gasteiger partial charge >= 0.3 is 10.1 Å². The highest BCUT2D eigenvalue weighted by molar-refractivity contribution is 7.87. The van der Waals surface area contributed by atoms with Gasteiger partial charge in [0.2, 0.25) is 0 Å². The Labute approximate surface area is 115 Å². The van der Waals surface area contributed by atoms with Crippen molar-refractivity contribution in [1.29, 1.82) is 0 Å². The molecule has 3 nitrogen and oxygen atoms in total. The van der Waals surface area contributed by atoms with Gasteiger partial charge in [0.05, 0.1) is 5.02 Å². The lowest BCUT2D eigenvalue weighted by Gasteiger charge is -2.08. The summed E-state index contributed by atoms with van der Waals surface area (Å²) in [5.74, 6) is 0.00743.